The molecule has 1 aromatic carbocycles. The molecule has 2 amide bonds. The summed E-state index contributed by atoms with van der Waals surface area (Å²) in [7, 11) is 0. The second kappa shape index (κ2) is 9.07. The highest BCUT2D eigenvalue weighted by Gasteiger charge is 2.56. The number of hydrogen-bond acceptors (Lipinski definition) is 7. The van der Waals surface area contributed by atoms with Gasteiger partial charge in [0.25, 0.3) is 11.8 Å². The van der Waals surface area contributed by atoms with E-state index in [1.54, 1.807) is 4.90 Å². The number of hydroxylamine groups is 2. The lowest BCUT2D eigenvalue weighted by Crippen LogP contribution is -2.52. The molecule has 0 saturated carbocycles. The average molecular weight is 539 g/mol. The minimum absolute atomic E-state index is 0.154. The Labute approximate surface area is 213 Å². The van der Waals surface area contributed by atoms with Crippen LogP contribution in [-0.4, -0.2) is 61.3 Å². The Kier molecular flexibility index (Phi) is 6.28. The largest absolute Gasteiger partial charge is 0.503 e. The molecule has 1 aromatic heterocycles. The molecule has 0 radical (unpaired) electrons. The lowest BCUT2D eigenvalue weighted by atomic mass is 9.85. The summed E-state index contributed by atoms with van der Waals surface area (Å²) in [5.74, 6) is -5.58. The predicted octanol–water partition coefficient (Wildman–Crippen LogP) is 2.51. The highest BCUT2D eigenvalue weighted by atomic mass is 32.2. The van der Waals surface area contributed by atoms with Crippen LogP contribution < -0.4 is 11.2 Å². The summed E-state index contributed by atoms with van der Waals surface area (Å²) in [6, 6.07) is 0.303. The predicted molar refractivity (Wildman–Crippen MR) is 127 cm³/mol. The van der Waals surface area contributed by atoms with Gasteiger partial charge >= 0.3 is 0 Å². The number of halogens is 3. The number of aromatic nitrogens is 1. The third-order valence-electron chi connectivity index (χ3n) is 7.60. The van der Waals surface area contributed by atoms with Gasteiger partial charge < -0.3 is 20.3 Å². The quantitative estimate of drug-likeness (QED) is 0.614. The van der Waals surface area contributed by atoms with Gasteiger partial charge in [0.15, 0.2) is 11.4 Å². The fraction of sp³-hybridized carbons (Fsp3) is 0.458. The standard InChI is InChI=1S/C24H25F3N4O5S/c1-11-3-4-24(7-18(37-2)31(36-24)9-13-15(26)5-12(25)6-16(13)27)17-10-29(11)23(35)19-21(33)20(32)14(22(28)34)8-30(17)19/h5-6,8,11,17-18,33H,3-4,7,9-10H2,1-2H3,(H2,28,34)/t11-,17+,18?,24-/m0/s1. The SMILES string of the molecule is CSC1C[C@]2(CC[C@H](C)N3C[C@H]2n2cc(C(N)=O)c(=O)c(O)c2C3=O)ON1Cc1c(F)cc(F)cc1F. The number of pyridine rings is 1. The topological polar surface area (TPSA) is 118 Å². The van der Waals surface area contributed by atoms with E-state index in [4.69, 9.17) is 10.6 Å². The lowest BCUT2D eigenvalue weighted by molar-refractivity contribution is -0.220. The highest BCUT2D eigenvalue weighted by molar-refractivity contribution is 7.99. The number of amides is 2. The van der Waals surface area contributed by atoms with Gasteiger partial charge in [0.1, 0.15) is 28.6 Å². The summed E-state index contributed by atoms with van der Waals surface area (Å²) in [5, 5.41) is 11.8. The van der Waals surface area contributed by atoms with Gasteiger partial charge in [0, 0.05) is 42.9 Å². The van der Waals surface area contributed by atoms with Gasteiger partial charge in [0.05, 0.1) is 18.0 Å². The summed E-state index contributed by atoms with van der Waals surface area (Å²) < 4.78 is 43.8. The van der Waals surface area contributed by atoms with E-state index in [0.29, 0.717) is 31.4 Å². The third-order valence-corrected chi connectivity index (χ3v) is 8.55. The molecule has 2 bridgehead atoms. The summed E-state index contributed by atoms with van der Waals surface area (Å²) in [6.45, 7) is 1.70. The van der Waals surface area contributed by atoms with Crippen molar-refractivity contribution in [2.24, 2.45) is 5.73 Å². The number of thioether (sulfide) groups is 1. The van der Waals surface area contributed by atoms with E-state index in [9.17, 15) is 32.7 Å². The Morgan fingerprint density at radius 1 is 1.27 bits per heavy atom. The molecule has 1 unspecified atom stereocenters. The van der Waals surface area contributed by atoms with Crippen LogP contribution in [0, 0.1) is 17.5 Å². The number of fused-ring (bicyclic) bond motifs is 5. The Balaban J connectivity index is 1.62. The third kappa shape index (κ3) is 3.99. The maximum atomic E-state index is 14.5. The van der Waals surface area contributed by atoms with Crippen molar-refractivity contribution < 1.29 is 32.7 Å². The molecule has 1 spiro atoms. The lowest BCUT2D eigenvalue weighted by Gasteiger charge is -2.42. The van der Waals surface area contributed by atoms with Gasteiger partial charge in [-0.2, -0.15) is 5.06 Å². The van der Waals surface area contributed by atoms with Gasteiger partial charge in [-0.15, -0.1) is 11.8 Å². The van der Waals surface area contributed by atoms with Crippen LogP contribution in [0.15, 0.2) is 23.1 Å². The smallest absolute Gasteiger partial charge is 0.274 e. The first kappa shape index (κ1) is 25.6. The van der Waals surface area contributed by atoms with Crippen LogP contribution in [0.1, 0.15) is 58.6 Å². The van der Waals surface area contributed by atoms with Crippen molar-refractivity contribution in [1.29, 1.82) is 0 Å². The van der Waals surface area contributed by atoms with E-state index < -0.39 is 57.7 Å². The molecule has 2 fully saturated rings. The molecule has 2 aromatic rings. The molecule has 37 heavy (non-hydrogen) atoms. The number of rotatable bonds is 4. The zero-order chi connectivity index (χ0) is 26.8. The molecule has 0 aliphatic carbocycles. The zero-order valence-electron chi connectivity index (χ0n) is 20.0. The van der Waals surface area contributed by atoms with Crippen LogP contribution in [0.25, 0.3) is 0 Å². The number of nitrogens with two attached hydrogens (primary N) is 1. The van der Waals surface area contributed by atoms with Gasteiger partial charge in [0.2, 0.25) is 5.43 Å². The molecule has 9 nitrogen and oxygen atoms in total. The van der Waals surface area contributed by atoms with Gasteiger partial charge in [-0.3, -0.25) is 19.2 Å². The molecule has 5 rings (SSSR count). The van der Waals surface area contributed by atoms with Crippen molar-refractivity contribution in [2.45, 2.75) is 55.8 Å². The average Bonchev–Trinajstić information content (AvgIpc) is 3.14. The van der Waals surface area contributed by atoms with Crippen LogP contribution in [-0.2, 0) is 11.4 Å². The Morgan fingerprint density at radius 2 is 1.95 bits per heavy atom. The summed E-state index contributed by atoms with van der Waals surface area (Å²) in [4.78, 5) is 45.9. The fourth-order valence-electron chi connectivity index (χ4n) is 5.61. The second-order valence-electron chi connectivity index (χ2n) is 9.68. The van der Waals surface area contributed by atoms with Crippen molar-refractivity contribution in [1.82, 2.24) is 14.5 Å². The first-order valence-electron chi connectivity index (χ1n) is 11.7. The monoisotopic (exact) mass is 538 g/mol. The molecule has 3 N–H and O–H groups in total. The van der Waals surface area contributed by atoms with Crippen LogP contribution >= 0.6 is 11.8 Å². The second-order valence-corrected chi connectivity index (χ2v) is 10.7. The van der Waals surface area contributed by atoms with Crippen molar-refractivity contribution in [3.63, 3.8) is 0 Å². The molecular weight excluding hydrogens is 513 g/mol. The van der Waals surface area contributed by atoms with E-state index in [0.717, 1.165) is 0 Å². The zero-order valence-corrected chi connectivity index (χ0v) is 20.9. The molecule has 4 heterocycles. The fourth-order valence-corrected chi connectivity index (χ4v) is 6.41. The van der Waals surface area contributed by atoms with Crippen molar-refractivity contribution in [3.8, 4) is 5.75 Å². The van der Waals surface area contributed by atoms with E-state index in [1.165, 1.54) is 27.6 Å². The first-order valence-corrected chi connectivity index (χ1v) is 13.0. The number of benzene rings is 1. The number of carbonyl (C=O) groups is 2. The van der Waals surface area contributed by atoms with E-state index in [1.807, 2.05) is 13.2 Å². The number of hydrogen-bond donors (Lipinski definition) is 2. The van der Waals surface area contributed by atoms with Crippen molar-refractivity contribution in [3.05, 3.63) is 62.8 Å². The van der Waals surface area contributed by atoms with Gasteiger partial charge in [-0.25, -0.2) is 13.2 Å². The molecule has 3 aliphatic rings. The molecule has 198 valence electrons. The Bertz CT molecular complexity index is 1350. The molecule has 2 saturated heterocycles. The summed E-state index contributed by atoms with van der Waals surface area (Å²) >= 11 is 1.40. The molecule has 4 atom stereocenters. The maximum Gasteiger partial charge on any atom is 0.274 e. The summed E-state index contributed by atoms with van der Waals surface area (Å²) in [6.07, 6.45) is 4.31. The van der Waals surface area contributed by atoms with E-state index in [2.05, 4.69) is 0 Å². The minimum Gasteiger partial charge on any atom is -0.503 e. The maximum absolute atomic E-state index is 14.5. The summed E-state index contributed by atoms with van der Waals surface area (Å²) in [5.41, 5.74) is 2.23. The number of aromatic hydroxyl groups is 1. The molecule has 3 aliphatic heterocycles. The van der Waals surface area contributed by atoms with Crippen LogP contribution in [0.5, 0.6) is 5.75 Å². The number of carbonyl (C=O) groups excluding carboxylic acids is 2. The Hall–Kier alpha value is -3.03. The number of primary amides is 1. The first-order chi connectivity index (χ1) is 17.5. The van der Waals surface area contributed by atoms with Crippen LogP contribution in [0.2, 0.25) is 0 Å². The highest BCUT2D eigenvalue weighted by Crippen LogP contribution is 2.50. The minimum atomic E-state index is -1.06. The van der Waals surface area contributed by atoms with E-state index >= 15 is 0 Å². The van der Waals surface area contributed by atoms with Crippen LogP contribution in [0.3, 0.4) is 0 Å². The molecule has 13 heteroatoms. The van der Waals surface area contributed by atoms with Crippen molar-refractivity contribution >= 4 is 23.6 Å². The van der Waals surface area contributed by atoms with Crippen LogP contribution in [0.4, 0.5) is 13.2 Å². The number of nitrogens with zero attached hydrogens (tertiary/aromatic N) is 3. The van der Waals surface area contributed by atoms with Gasteiger partial charge in [-0.05, 0) is 26.0 Å². The van der Waals surface area contributed by atoms with Gasteiger partial charge in [-0.1, -0.05) is 0 Å². The molecular formula is C24H25F3N4O5S. The van der Waals surface area contributed by atoms with E-state index in [-0.39, 0.29) is 35.8 Å². The normalized spacial score (nSPS) is 27.4. The van der Waals surface area contributed by atoms with Crippen molar-refractivity contribution in [2.75, 3.05) is 12.8 Å². The Morgan fingerprint density at radius 3 is 2.57 bits per heavy atom.